The van der Waals surface area contributed by atoms with Gasteiger partial charge in [0.2, 0.25) is 0 Å². The highest BCUT2D eigenvalue weighted by molar-refractivity contribution is 5.27. The van der Waals surface area contributed by atoms with E-state index in [0.717, 1.165) is 12.1 Å². The Balaban J connectivity index is 4.84. The number of hydrogen-bond donors (Lipinski definition) is 1. The quantitative estimate of drug-likeness (QED) is 0.647. The first-order chi connectivity index (χ1) is 5.79. The Morgan fingerprint density at radius 3 is 2.00 bits per heavy atom. The lowest BCUT2D eigenvalue weighted by molar-refractivity contribution is 0.499. The van der Waals surface area contributed by atoms with Crippen LogP contribution >= 0.6 is 0 Å². The molecule has 0 aromatic heterocycles. The zero-order chi connectivity index (χ0) is 10.6. The third kappa shape index (κ3) is 4.16. The summed E-state index contributed by atoms with van der Waals surface area (Å²) >= 11 is 0. The van der Waals surface area contributed by atoms with E-state index in [0.29, 0.717) is 0 Å². The van der Waals surface area contributed by atoms with Crippen molar-refractivity contribution in [3.8, 4) is 0 Å². The van der Waals surface area contributed by atoms with Gasteiger partial charge in [0.1, 0.15) is 0 Å². The molecule has 2 N–H and O–H groups in total. The fourth-order valence-corrected chi connectivity index (χ4v) is 0.909. The van der Waals surface area contributed by atoms with Gasteiger partial charge in [-0.1, -0.05) is 33.3 Å². The maximum atomic E-state index is 5.98. The lowest BCUT2D eigenvalue weighted by Crippen LogP contribution is -2.12. The van der Waals surface area contributed by atoms with Crippen molar-refractivity contribution in [1.29, 1.82) is 0 Å². The van der Waals surface area contributed by atoms with Crippen molar-refractivity contribution in [1.82, 2.24) is 0 Å². The normalized spacial score (nSPS) is 15.7. The molecule has 0 fully saturated rings. The van der Waals surface area contributed by atoms with Gasteiger partial charge in [-0.3, -0.25) is 0 Å². The third-order valence-electron chi connectivity index (χ3n) is 2.52. The van der Waals surface area contributed by atoms with Crippen LogP contribution in [0.5, 0.6) is 0 Å². The van der Waals surface area contributed by atoms with Gasteiger partial charge >= 0.3 is 0 Å². The van der Waals surface area contributed by atoms with E-state index in [-0.39, 0.29) is 5.41 Å². The Labute approximate surface area is 82.7 Å². The van der Waals surface area contributed by atoms with E-state index in [9.17, 15) is 0 Å². The van der Waals surface area contributed by atoms with Gasteiger partial charge in [-0.15, -0.1) is 0 Å². The van der Waals surface area contributed by atoms with E-state index in [1.807, 2.05) is 0 Å². The molecule has 0 saturated heterocycles. The molecule has 0 aliphatic rings. The monoisotopic (exact) mass is 181 g/mol. The van der Waals surface area contributed by atoms with Crippen molar-refractivity contribution < 1.29 is 0 Å². The second kappa shape index (κ2) is 4.50. The molecule has 0 unspecified atom stereocenters. The minimum Gasteiger partial charge on any atom is -0.399 e. The molecule has 0 saturated carbocycles. The topological polar surface area (TPSA) is 26.0 Å². The average Bonchev–Trinajstić information content (AvgIpc) is 2.01. The summed E-state index contributed by atoms with van der Waals surface area (Å²) < 4.78 is 0. The first-order valence-corrected chi connectivity index (χ1v) is 4.93. The summed E-state index contributed by atoms with van der Waals surface area (Å²) in [5.74, 6) is 0. The Morgan fingerprint density at radius 2 is 1.69 bits per heavy atom. The van der Waals surface area contributed by atoms with Crippen LogP contribution in [-0.2, 0) is 0 Å². The maximum Gasteiger partial charge on any atom is 0.0307 e. The summed E-state index contributed by atoms with van der Waals surface area (Å²) in [7, 11) is 0. The summed E-state index contributed by atoms with van der Waals surface area (Å²) in [5.41, 5.74) is 9.68. The van der Waals surface area contributed by atoms with Crippen molar-refractivity contribution in [2.75, 3.05) is 0 Å². The average molecular weight is 181 g/mol. The van der Waals surface area contributed by atoms with Gasteiger partial charge in [0.15, 0.2) is 0 Å². The molecule has 76 valence electrons. The van der Waals surface area contributed by atoms with Crippen molar-refractivity contribution in [3.05, 3.63) is 22.9 Å². The van der Waals surface area contributed by atoms with Crippen LogP contribution < -0.4 is 5.73 Å². The molecule has 0 aromatic rings. The van der Waals surface area contributed by atoms with E-state index in [2.05, 4.69) is 47.6 Å². The second-order valence-electron chi connectivity index (χ2n) is 4.67. The number of allylic oxidation sites excluding steroid dienone is 3. The molecule has 13 heavy (non-hydrogen) atoms. The van der Waals surface area contributed by atoms with Crippen LogP contribution in [0.25, 0.3) is 0 Å². The fraction of sp³-hybridized carbons (Fsp3) is 0.667. The molecular formula is C12H23N. The van der Waals surface area contributed by atoms with Crippen LogP contribution in [-0.4, -0.2) is 0 Å². The van der Waals surface area contributed by atoms with Crippen LogP contribution in [0.4, 0.5) is 0 Å². The minimum atomic E-state index is 0.175. The van der Waals surface area contributed by atoms with Crippen LogP contribution in [0.2, 0.25) is 0 Å². The Bertz CT molecular complexity index is 226. The summed E-state index contributed by atoms with van der Waals surface area (Å²) in [6.45, 7) is 12.9. The minimum absolute atomic E-state index is 0.175. The largest absolute Gasteiger partial charge is 0.399 e. The lowest BCUT2D eigenvalue weighted by atomic mass is 9.86. The van der Waals surface area contributed by atoms with E-state index >= 15 is 0 Å². The van der Waals surface area contributed by atoms with Crippen molar-refractivity contribution >= 4 is 0 Å². The van der Waals surface area contributed by atoms with Gasteiger partial charge in [0.25, 0.3) is 0 Å². The summed E-state index contributed by atoms with van der Waals surface area (Å²) in [5, 5.41) is 0. The molecule has 0 aliphatic carbocycles. The second-order valence-corrected chi connectivity index (χ2v) is 4.67. The SMILES string of the molecule is CC/C(C)=C\C(N)=C(/C)C(C)(C)C. The molecule has 1 nitrogen and oxygen atoms in total. The molecule has 1 heteroatoms. The molecule has 0 radical (unpaired) electrons. The highest BCUT2D eigenvalue weighted by Gasteiger charge is 2.14. The van der Waals surface area contributed by atoms with Crippen LogP contribution in [0, 0.1) is 5.41 Å². The highest BCUT2D eigenvalue weighted by atomic mass is 14.6. The summed E-state index contributed by atoms with van der Waals surface area (Å²) in [6.07, 6.45) is 3.15. The fourth-order valence-electron chi connectivity index (χ4n) is 0.909. The zero-order valence-electron chi connectivity index (χ0n) is 9.86. The van der Waals surface area contributed by atoms with E-state index in [4.69, 9.17) is 5.73 Å². The van der Waals surface area contributed by atoms with E-state index in [1.165, 1.54) is 11.1 Å². The van der Waals surface area contributed by atoms with Gasteiger partial charge < -0.3 is 5.73 Å². The number of nitrogens with two attached hydrogens (primary N) is 1. The van der Waals surface area contributed by atoms with Crippen LogP contribution in [0.3, 0.4) is 0 Å². The molecule has 0 bridgehead atoms. The predicted octanol–water partition coefficient (Wildman–Crippen LogP) is 3.62. The smallest absolute Gasteiger partial charge is 0.0307 e. The lowest BCUT2D eigenvalue weighted by Gasteiger charge is -2.21. The highest BCUT2D eigenvalue weighted by Crippen LogP contribution is 2.26. The molecule has 0 rings (SSSR count). The van der Waals surface area contributed by atoms with Gasteiger partial charge in [0.05, 0.1) is 0 Å². The molecule has 0 amide bonds. The molecule has 0 heterocycles. The Kier molecular flexibility index (Phi) is 4.25. The first kappa shape index (κ1) is 12.3. The maximum absolute atomic E-state index is 5.98. The third-order valence-corrected chi connectivity index (χ3v) is 2.52. The number of rotatable bonds is 2. The van der Waals surface area contributed by atoms with Crippen molar-refractivity contribution in [2.24, 2.45) is 11.1 Å². The van der Waals surface area contributed by atoms with Crippen molar-refractivity contribution in [2.45, 2.75) is 48.0 Å². The standard InChI is InChI=1S/C12H23N/c1-7-9(2)8-11(13)10(3)12(4,5)6/h8H,7,13H2,1-6H3/b9-8-,11-10-. The molecule has 0 aromatic carbocycles. The zero-order valence-corrected chi connectivity index (χ0v) is 9.86. The van der Waals surface area contributed by atoms with Crippen LogP contribution in [0.1, 0.15) is 48.0 Å². The molecule has 0 atom stereocenters. The van der Waals surface area contributed by atoms with E-state index < -0.39 is 0 Å². The van der Waals surface area contributed by atoms with E-state index in [1.54, 1.807) is 0 Å². The Hall–Kier alpha value is -0.720. The molecule has 0 aliphatic heterocycles. The molecular weight excluding hydrogens is 158 g/mol. The van der Waals surface area contributed by atoms with Gasteiger partial charge in [-0.05, 0) is 37.3 Å². The Morgan fingerprint density at radius 1 is 1.23 bits per heavy atom. The summed E-state index contributed by atoms with van der Waals surface area (Å²) in [6, 6.07) is 0. The van der Waals surface area contributed by atoms with Crippen LogP contribution in [0.15, 0.2) is 22.9 Å². The first-order valence-electron chi connectivity index (χ1n) is 4.93. The predicted molar refractivity (Wildman–Crippen MR) is 60.4 cm³/mol. The molecule has 0 spiro atoms. The van der Waals surface area contributed by atoms with Crippen molar-refractivity contribution in [3.63, 3.8) is 0 Å². The van der Waals surface area contributed by atoms with Gasteiger partial charge in [-0.2, -0.15) is 0 Å². The number of hydrogen-bond acceptors (Lipinski definition) is 1. The van der Waals surface area contributed by atoms with Gasteiger partial charge in [0, 0.05) is 5.70 Å². The summed E-state index contributed by atoms with van der Waals surface area (Å²) in [4.78, 5) is 0. The van der Waals surface area contributed by atoms with Gasteiger partial charge in [-0.25, -0.2) is 0 Å².